The van der Waals surface area contributed by atoms with E-state index in [1.807, 2.05) is 35.9 Å². The number of methoxy groups -OCH3 is 1. The second kappa shape index (κ2) is 8.05. The highest BCUT2D eigenvalue weighted by Gasteiger charge is 2.07. The van der Waals surface area contributed by atoms with E-state index < -0.39 is 0 Å². The molecule has 0 spiro atoms. The number of aryl methyl sites for hydroxylation is 1. The first-order valence-electron chi connectivity index (χ1n) is 6.57. The predicted octanol–water partition coefficient (Wildman–Crippen LogP) is 3.59. The SMILES string of the molecule is COc1ccc(CCC(=O)Nc2nc(CSC)cs2)cc1. The number of rotatable bonds is 7. The topological polar surface area (TPSA) is 51.2 Å². The van der Waals surface area contributed by atoms with E-state index >= 15 is 0 Å². The van der Waals surface area contributed by atoms with Crippen molar-refractivity contribution in [1.82, 2.24) is 4.98 Å². The summed E-state index contributed by atoms with van der Waals surface area (Å²) in [7, 11) is 1.64. The van der Waals surface area contributed by atoms with Gasteiger partial charge in [0.15, 0.2) is 5.13 Å². The van der Waals surface area contributed by atoms with Gasteiger partial charge in [-0.15, -0.1) is 11.3 Å². The van der Waals surface area contributed by atoms with Crippen LogP contribution in [0.5, 0.6) is 5.75 Å². The third-order valence-corrected chi connectivity index (χ3v) is 4.28. The molecule has 0 saturated carbocycles. The molecule has 0 fully saturated rings. The summed E-state index contributed by atoms with van der Waals surface area (Å²) in [5.74, 6) is 1.70. The van der Waals surface area contributed by atoms with Crippen molar-refractivity contribution >= 4 is 34.1 Å². The Balaban J connectivity index is 1.80. The maximum Gasteiger partial charge on any atom is 0.226 e. The number of thiazole rings is 1. The fourth-order valence-electron chi connectivity index (χ4n) is 1.81. The molecule has 1 amide bonds. The summed E-state index contributed by atoms with van der Waals surface area (Å²) < 4.78 is 5.11. The molecule has 0 atom stereocenters. The lowest BCUT2D eigenvalue weighted by molar-refractivity contribution is -0.116. The summed E-state index contributed by atoms with van der Waals surface area (Å²) in [6, 6.07) is 7.77. The molecular formula is C15H18N2O2S2. The van der Waals surface area contributed by atoms with Gasteiger partial charge in [0.1, 0.15) is 5.75 Å². The molecule has 6 heteroatoms. The van der Waals surface area contributed by atoms with E-state index in [1.54, 1.807) is 18.9 Å². The molecule has 1 heterocycles. The second-order valence-corrected chi connectivity index (χ2v) is 6.20. The van der Waals surface area contributed by atoms with Crippen molar-refractivity contribution in [3.8, 4) is 5.75 Å². The van der Waals surface area contributed by atoms with Crippen molar-refractivity contribution in [2.24, 2.45) is 0 Å². The summed E-state index contributed by atoms with van der Waals surface area (Å²) in [6.45, 7) is 0. The Morgan fingerprint density at radius 3 is 2.81 bits per heavy atom. The molecule has 2 aromatic rings. The minimum atomic E-state index is -0.00382. The smallest absolute Gasteiger partial charge is 0.226 e. The highest BCUT2D eigenvalue weighted by Crippen LogP contribution is 2.19. The zero-order valence-electron chi connectivity index (χ0n) is 12.1. The number of nitrogens with zero attached hydrogens (tertiary/aromatic N) is 1. The average Bonchev–Trinajstić information content (AvgIpc) is 2.93. The van der Waals surface area contributed by atoms with Gasteiger partial charge in [0, 0.05) is 17.6 Å². The van der Waals surface area contributed by atoms with Gasteiger partial charge in [-0.25, -0.2) is 4.98 Å². The van der Waals surface area contributed by atoms with Crippen LogP contribution >= 0.6 is 23.1 Å². The van der Waals surface area contributed by atoms with Crippen LogP contribution in [0.25, 0.3) is 0 Å². The second-order valence-electron chi connectivity index (χ2n) is 4.47. The maximum atomic E-state index is 11.9. The van der Waals surface area contributed by atoms with Gasteiger partial charge >= 0.3 is 0 Å². The number of thioether (sulfide) groups is 1. The van der Waals surface area contributed by atoms with Gasteiger partial charge in [0.25, 0.3) is 0 Å². The normalized spacial score (nSPS) is 10.4. The Hall–Kier alpha value is -1.53. The number of hydrogen-bond acceptors (Lipinski definition) is 5. The lowest BCUT2D eigenvalue weighted by Gasteiger charge is -2.04. The minimum Gasteiger partial charge on any atom is -0.497 e. The molecule has 21 heavy (non-hydrogen) atoms. The summed E-state index contributed by atoms with van der Waals surface area (Å²) in [6.07, 6.45) is 3.19. The van der Waals surface area contributed by atoms with Crippen LogP contribution in [-0.2, 0) is 17.0 Å². The van der Waals surface area contributed by atoms with Gasteiger partial charge in [-0.1, -0.05) is 12.1 Å². The van der Waals surface area contributed by atoms with Gasteiger partial charge < -0.3 is 10.1 Å². The first kappa shape index (κ1) is 15.9. The zero-order chi connectivity index (χ0) is 15.1. The van der Waals surface area contributed by atoms with Crippen LogP contribution in [0.3, 0.4) is 0 Å². The van der Waals surface area contributed by atoms with E-state index in [9.17, 15) is 4.79 Å². The van der Waals surface area contributed by atoms with E-state index in [1.165, 1.54) is 11.3 Å². The number of anilines is 1. The number of carbonyl (C=O) groups excluding carboxylic acids is 1. The highest BCUT2D eigenvalue weighted by atomic mass is 32.2. The number of carbonyl (C=O) groups is 1. The Morgan fingerprint density at radius 2 is 2.14 bits per heavy atom. The zero-order valence-corrected chi connectivity index (χ0v) is 13.7. The number of benzene rings is 1. The third-order valence-electron chi connectivity index (χ3n) is 2.89. The standard InChI is InChI=1S/C15H18N2O2S2/c1-19-13-6-3-11(4-7-13)5-8-14(18)17-15-16-12(9-20-2)10-21-15/h3-4,6-7,10H,5,8-9H2,1-2H3,(H,16,17,18). The average molecular weight is 322 g/mol. The first-order valence-corrected chi connectivity index (χ1v) is 8.84. The molecule has 1 N–H and O–H groups in total. The molecule has 0 aliphatic rings. The van der Waals surface area contributed by atoms with Gasteiger partial charge in [-0.3, -0.25) is 4.79 Å². The van der Waals surface area contributed by atoms with Crippen LogP contribution in [-0.4, -0.2) is 24.3 Å². The van der Waals surface area contributed by atoms with E-state index in [2.05, 4.69) is 10.3 Å². The highest BCUT2D eigenvalue weighted by molar-refractivity contribution is 7.97. The predicted molar refractivity (Wildman–Crippen MR) is 89.3 cm³/mol. The van der Waals surface area contributed by atoms with Crippen molar-refractivity contribution in [3.05, 3.63) is 40.9 Å². The van der Waals surface area contributed by atoms with Crippen molar-refractivity contribution in [1.29, 1.82) is 0 Å². The molecule has 4 nitrogen and oxygen atoms in total. The molecule has 0 unspecified atom stereocenters. The number of hydrogen-bond donors (Lipinski definition) is 1. The molecule has 0 saturated heterocycles. The molecular weight excluding hydrogens is 304 g/mol. The molecule has 2 rings (SSSR count). The summed E-state index contributed by atoms with van der Waals surface area (Å²) in [4.78, 5) is 16.3. The molecule has 1 aromatic heterocycles. The van der Waals surface area contributed by atoms with Crippen LogP contribution in [0.15, 0.2) is 29.6 Å². The number of nitrogens with one attached hydrogen (secondary N) is 1. The summed E-state index contributed by atoms with van der Waals surface area (Å²) >= 11 is 3.19. The molecule has 1 aromatic carbocycles. The fraction of sp³-hybridized carbons (Fsp3) is 0.333. The molecule has 0 aliphatic heterocycles. The van der Waals surface area contributed by atoms with Crippen molar-refractivity contribution in [2.45, 2.75) is 18.6 Å². The minimum absolute atomic E-state index is 0.00382. The first-order chi connectivity index (χ1) is 10.2. The number of amides is 1. The van der Waals surface area contributed by atoms with Gasteiger partial charge in [-0.05, 0) is 30.4 Å². The Kier molecular flexibility index (Phi) is 6.07. The molecule has 0 aliphatic carbocycles. The van der Waals surface area contributed by atoms with E-state index in [4.69, 9.17) is 4.74 Å². The van der Waals surface area contributed by atoms with E-state index in [0.717, 1.165) is 22.8 Å². The van der Waals surface area contributed by atoms with Crippen LogP contribution < -0.4 is 10.1 Å². The van der Waals surface area contributed by atoms with Crippen LogP contribution in [0.2, 0.25) is 0 Å². The lowest BCUT2D eigenvalue weighted by Crippen LogP contribution is -2.12. The Bertz CT molecular complexity index is 582. The fourth-order valence-corrected chi connectivity index (χ4v) is 3.09. The summed E-state index contributed by atoms with van der Waals surface area (Å²) in [5, 5.41) is 5.51. The van der Waals surface area contributed by atoms with Crippen molar-refractivity contribution in [2.75, 3.05) is 18.7 Å². The van der Waals surface area contributed by atoms with Crippen LogP contribution in [0.1, 0.15) is 17.7 Å². The third kappa shape index (κ3) is 5.06. The lowest BCUT2D eigenvalue weighted by atomic mass is 10.1. The van der Waals surface area contributed by atoms with Crippen molar-refractivity contribution < 1.29 is 9.53 Å². The van der Waals surface area contributed by atoms with Gasteiger partial charge in [0.05, 0.1) is 12.8 Å². The Labute approximate surface area is 132 Å². The van der Waals surface area contributed by atoms with Gasteiger partial charge in [-0.2, -0.15) is 11.8 Å². The van der Waals surface area contributed by atoms with E-state index in [0.29, 0.717) is 18.0 Å². The Morgan fingerprint density at radius 1 is 1.38 bits per heavy atom. The largest absolute Gasteiger partial charge is 0.497 e. The number of ether oxygens (including phenoxy) is 1. The molecule has 0 radical (unpaired) electrons. The summed E-state index contributed by atoms with van der Waals surface area (Å²) in [5.41, 5.74) is 2.13. The maximum absolute atomic E-state index is 11.9. The van der Waals surface area contributed by atoms with Crippen LogP contribution in [0, 0.1) is 0 Å². The molecule has 0 bridgehead atoms. The van der Waals surface area contributed by atoms with Crippen LogP contribution in [0.4, 0.5) is 5.13 Å². The number of aromatic nitrogens is 1. The monoisotopic (exact) mass is 322 g/mol. The van der Waals surface area contributed by atoms with E-state index in [-0.39, 0.29) is 5.91 Å². The van der Waals surface area contributed by atoms with Gasteiger partial charge in [0.2, 0.25) is 5.91 Å². The molecule has 112 valence electrons. The van der Waals surface area contributed by atoms with Crippen molar-refractivity contribution in [3.63, 3.8) is 0 Å². The quantitative estimate of drug-likeness (QED) is 0.846.